The number of carbonyl (C=O) groups excluding carboxylic acids is 1. The van der Waals surface area contributed by atoms with Gasteiger partial charge in [-0.05, 0) is 23.6 Å². The van der Waals surface area contributed by atoms with E-state index in [4.69, 9.17) is 10.5 Å². The SMILES string of the molecule is CC(CN1CCN2CCN(C#N)C[C@@H]2C1=O)c1cccc(C#N)c1. The second-order valence-corrected chi connectivity index (χ2v) is 6.52. The molecule has 1 amide bonds. The van der Waals surface area contributed by atoms with Gasteiger partial charge in [-0.15, -0.1) is 0 Å². The van der Waals surface area contributed by atoms with Gasteiger partial charge in [-0.3, -0.25) is 9.69 Å². The quantitative estimate of drug-likeness (QED) is 0.775. The fourth-order valence-corrected chi connectivity index (χ4v) is 3.52. The summed E-state index contributed by atoms with van der Waals surface area (Å²) in [6, 6.07) is 9.53. The summed E-state index contributed by atoms with van der Waals surface area (Å²) in [4.78, 5) is 18.6. The Hall–Kier alpha value is -2.57. The van der Waals surface area contributed by atoms with Crippen molar-refractivity contribution in [3.8, 4) is 12.3 Å². The Labute approximate surface area is 142 Å². The van der Waals surface area contributed by atoms with Crippen LogP contribution in [-0.4, -0.2) is 65.9 Å². The van der Waals surface area contributed by atoms with E-state index in [9.17, 15) is 4.79 Å². The van der Waals surface area contributed by atoms with E-state index in [-0.39, 0.29) is 17.9 Å². The van der Waals surface area contributed by atoms with Crippen LogP contribution in [0.3, 0.4) is 0 Å². The van der Waals surface area contributed by atoms with E-state index < -0.39 is 0 Å². The number of nitrogens with zero attached hydrogens (tertiary/aromatic N) is 5. The number of nitriles is 2. The van der Waals surface area contributed by atoms with Gasteiger partial charge >= 0.3 is 0 Å². The lowest BCUT2D eigenvalue weighted by atomic mass is 9.97. The first kappa shape index (κ1) is 16.3. The molecule has 0 bridgehead atoms. The van der Waals surface area contributed by atoms with Crippen LogP contribution in [0.25, 0.3) is 0 Å². The van der Waals surface area contributed by atoms with Crippen molar-refractivity contribution >= 4 is 5.91 Å². The zero-order chi connectivity index (χ0) is 17.1. The van der Waals surface area contributed by atoms with E-state index >= 15 is 0 Å². The molecule has 2 atom stereocenters. The van der Waals surface area contributed by atoms with E-state index in [2.05, 4.69) is 24.1 Å². The average Bonchev–Trinajstić information content (AvgIpc) is 2.63. The molecule has 1 aromatic carbocycles. The molecule has 2 heterocycles. The zero-order valence-corrected chi connectivity index (χ0v) is 13.9. The molecule has 124 valence electrons. The number of piperazine rings is 2. The molecule has 0 spiro atoms. The standard InChI is InChI=1S/C18H21N5O/c1-14(16-4-2-3-15(9-16)10-19)11-23-8-7-22-6-5-21(13-20)12-17(22)18(23)24/h2-4,9,14,17H,5-8,11-12H2,1H3/t14?,17-/m1/s1. The van der Waals surface area contributed by atoms with Gasteiger partial charge in [0.05, 0.1) is 18.2 Å². The Morgan fingerprint density at radius 2 is 2.04 bits per heavy atom. The monoisotopic (exact) mass is 323 g/mol. The van der Waals surface area contributed by atoms with Gasteiger partial charge in [-0.1, -0.05) is 19.1 Å². The third-order valence-corrected chi connectivity index (χ3v) is 4.97. The first-order chi connectivity index (χ1) is 11.6. The largest absolute Gasteiger partial charge is 0.339 e. The van der Waals surface area contributed by atoms with Gasteiger partial charge in [0.1, 0.15) is 6.04 Å². The molecule has 0 saturated carbocycles. The summed E-state index contributed by atoms with van der Waals surface area (Å²) in [6.45, 7) is 6.29. The molecule has 3 rings (SSSR count). The van der Waals surface area contributed by atoms with Crippen LogP contribution in [-0.2, 0) is 4.79 Å². The summed E-state index contributed by atoms with van der Waals surface area (Å²) in [5, 5.41) is 18.1. The van der Waals surface area contributed by atoms with Crippen LogP contribution in [0.1, 0.15) is 24.0 Å². The molecule has 6 heteroatoms. The normalized spacial score (nSPS) is 22.5. The maximum absolute atomic E-state index is 12.8. The van der Waals surface area contributed by atoms with Gasteiger partial charge in [0.2, 0.25) is 5.91 Å². The maximum atomic E-state index is 12.8. The molecule has 2 aliphatic heterocycles. The van der Waals surface area contributed by atoms with Gasteiger partial charge in [0.25, 0.3) is 0 Å². The highest BCUT2D eigenvalue weighted by Gasteiger charge is 2.38. The topological polar surface area (TPSA) is 74.4 Å². The fraction of sp³-hybridized carbons (Fsp3) is 0.500. The van der Waals surface area contributed by atoms with Crippen molar-refractivity contribution in [3.63, 3.8) is 0 Å². The highest BCUT2D eigenvalue weighted by atomic mass is 16.2. The van der Waals surface area contributed by atoms with Crippen LogP contribution in [0, 0.1) is 22.8 Å². The summed E-state index contributed by atoms with van der Waals surface area (Å²) in [5.74, 6) is 0.286. The Morgan fingerprint density at radius 1 is 1.25 bits per heavy atom. The predicted octanol–water partition coefficient (Wildman–Crippen LogP) is 0.971. The number of hydrogen-bond donors (Lipinski definition) is 0. The van der Waals surface area contributed by atoms with Crippen LogP contribution in [0.5, 0.6) is 0 Å². The minimum absolute atomic E-state index is 0.115. The molecule has 2 aliphatic rings. The predicted molar refractivity (Wildman–Crippen MR) is 88.7 cm³/mol. The first-order valence-electron chi connectivity index (χ1n) is 8.30. The summed E-state index contributed by atoms with van der Waals surface area (Å²) in [7, 11) is 0. The minimum atomic E-state index is -0.204. The van der Waals surface area contributed by atoms with E-state index in [0.717, 1.165) is 25.2 Å². The van der Waals surface area contributed by atoms with Crippen molar-refractivity contribution in [1.29, 1.82) is 10.5 Å². The minimum Gasteiger partial charge on any atom is -0.339 e. The van der Waals surface area contributed by atoms with E-state index in [1.165, 1.54) is 0 Å². The van der Waals surface area contributed by atoms with E-state index in [1.54, 1.807) is 11.0 Å². The number of carbonyl (C=O) groups is 1. The lowest BCUT2D eigenvalue weighted by molar-refractivity contribution is -0.144. The Morgan fingerprint density at radius 3 is 2.79 bits per heavy atom. The summed E-state index contributed by atoms with van der Waals surface area (Å²) in [5.41, 5.74) is 1.72. The maximum Gasteiger partial charge on any atom is 0.241 e. The molecular formula is C18H21N5O. The fourth-order valence-electron chi connectivity index (χ4n) is 3.52. The first-order valence-corrected chi connectivity index (χ1v) is 8.30. The number of hydrogen-bond acceptors (Lipinski definition) is 5. The van der Waals surface area contributed by atoms with Gasteiger partial charge in [-0.25, -0.2) is 0 Å². The molecule has 0 radical (unpaired) electrons. The number of fused-ring (bicyclic) bond motifs is 1. The van der Waals surface area contributed by atoms with E-state index in [1.807, 2.05) is 23.1 Å². The Balaban J connectivity index is 1.68. The molecule has 0 aromatic heterocycles. The van der Waals surface area contributed by atoms with Crippen LogP contribution in [0.4, 0.5) is 0 Å². The van der Waals surface area contributed by atoms with Gasteiger partial charge in [-0.2, -0.15) is 10.5 Å². The molecule has 2 saturated heterocycles. The number of benzene rings is 1. The lowest BCUT2D eigenvalue weighted by Gasteiger charge is -2.45. The zero-order valence-electron chi connectivity index (χ0n) is 13.9. The second kappa shape index (κ2) is 6.90. The van der Waals surface area contributed by atoms with Gasteiger partial charge < -0.3 is 9.80 Å². The van der Waals surface area contributed by atoms with Crippen molar-refractivity contribution in [2.75, 3.05) is 39.3 Å². The van der Waals surface area contributed by atoms with Crippen molar-refractivity contribution in [2.24, 2.45) is 0 Å². The second-order valence-electron chi connectivity index (χ2n) is 6.52. The van der Waals surface area contributed by atoms with Crippen LogP contribution in [0.2, 0.25) is 0 Å². The number of amides is 1. The molecule has 24 heavy (non-hydrogen) atoms. The van der Waals surface area contributed by atoms with Gasteiger partial charge in [0.15, 0.2) is 6.19 Å². The summed E-state index contributed by atoms with van der Waals surface area (Å²) >= 11 is 0. The third kappa shape index (κ3) is 3.20. The molecule has 1 unspecified atom stereocenters. The summed E-state index contributed by atoms with van der Waals surface area (Å²) in [6.07, 6.45) is 2.16. The Bertz CT molecular complexity index is 704. The van der Waals surface area contributed by atoms with E-state index in [0.29, 0.717) is 25.2 Å². The van der Waals surface area contributed by atoms with Crippen molar-refractivity contribution in [3.05, 3.63) is 35.4 Å². The highest BCUT2D eigenvalue weighted by Crippen LogP contribution is 2.22. The number of rotatable bonds is 3. The van der Waals surface area contributed by atoms with Crippen LogP contribution >= 0.6 is 0 Å². The average molecular weight is 323 g/mol. The molecule has 1 aromatic rings. The van der Waals surface area contributed by atoms with Gasteiger partial charge in [0, 0.05) is 32.7 Å². The lowest BCUT2D eigenvalue weighted by Crippen LogP contribution is -2.64. The third-order valence-electron chi connectivity index (χ3n) is 4.97. The summed E-state index contributed by atoms with van der Waals surface area (Å²) < 4.78 is 0. The molecule has 2 fully saturated rings. The molecule has 6 nitrogen and oxygen atoms in total. The van der Waals surface area contributed by atoms with Crippen molar-refractivity contribution < 1.29 is 4.79 Å². The van der Waals surface area contributed by atoms with Crippen molar-refractivity contribution in [2.45, 2.75) is 18.9 Å². The smallest absolute Gasteiger partial charge is 0.241 e. The molecule has 0 N–H and O–H groups in total. The molecular weight excluding hydrogens is 302 g/mol. The Kier molecular flexibility index (Phi) is 4.69. The highest BCUT2D eigenvalue weighted by molar-refractivity contribution is 5.83. The van der Waals surface area contributed by atoms with Crippen molar-refractivity contribution in [1.82, 2.24) is 14.7 Å². The van der Waals surface area contributed by atoms with Crippen LogP contribution < -0.4 is 0 Å². The van der Waals surface area contributed by atoms with Crippen LogP contribution in [0.15, 0.2) is 24.3 Å². The molecule has 0 aliphatic carbocycles.